The molecule has 2 heteroatoms. The van der Waals surface area contributed by atoms with Gasteiger partial charge in [-0.1, -0.05) is 109 Å². The van der Waals surface area contributed by atoms with Crippen LogP contribution in [-0.4, -0.2) is 4.98 Å². The summed E-state index contributed by atoms with van der Waals surface area (Å²) in [4.78, 5) is 5.55. The lowest BCUT2D eigenvalue weighted by Gasteiger charge is -2.15. The third kappa shape index (κ3) is 2.74. The van der Waals surface area contributed by atoms with Crippen molar-refractivity contribution in [1.29, 1.82) is 0 Å². The van der Waals surface area contributed by atoms with Crippen molar-refractivity contribution in [2.75, 3.05) is 0 Å². The van der Waals surface area contributed by atoms with Crippen molar-refractivity contribution in [1.82, 2.24) is 4.98 Å². The van der Waals surface area contributed by atoms with E-state index in [4.69, 9.17) is 9.40 Å². The largest absolute Gasteiger partial charge is 0.455 e. The van der Waals surface area contributed by atoms with Gasteiger partial charge in [0, 0.05) is 27.1 Å². The van der Waals surface area contributed by atoms with E-state index < -0.39 is 0 Å². The van der Waals surface area contributed by atoms with Gasteiger partial charge in [0.25, 0.3) is 0 Å². The first kappa shape index (κ1) is 21.4. The van der Waals surface area contributed by atoms with Crippen LogP contribution in [0.5, 0.6) is 0 Å². The summed E-state index contributed by atoms with van der Waals surface area (Å²) < 4.78 is 6.52. The zero-order valence-corrected chi connectivity index (χ0v) is 22.0. The van der Waals surface area contributed by atoms with Crippen molar-refractivity contribution >= 4 is 86.7 Å². The van der Waals surface area contributed by atoms with Gasteiger partial charge in [-0.3, -0.25) is 0 Å². The molecule has 0 amide bonds. The molecule has 0 radical (unpaired) electrons. The quantitative estimate of drug-likeness (QED) is 0.202. The minimum atomic E-state index is 0.889. The molecule has 10 aromatic rings. The van der Waals surface area contributed by atoms with Crippen LogP contribution in [0.1, 0.15) is 0 Å². The van der Waals surface area contributed by atoms with Crippen molar-refractivity contribution < 1.29 is 4.42 Å². The number of furan rings is 1. The molecule has 0 saturated carbocycles. The van der Waals surface area contributed by atoms with Crippen LogP contribution >= 0.6 is 0 Å². The molecule has 0 N–H and O–H groups in total. The number of rotatable bonds is 1. The fraction of sp³-hybridized carbons (Fsp3) is 0. The molecule has 0 unspecified atom stereocenters. The molecular formula is C39H21NO. The lowest BCUT2D eigenvalue weighted by molar-refractivity contribution is 0.673. The van der Waals surface area contributed by atoms with Crippen molar-refractivity contribution in [2.24, 2.45) is 0 Å². The number of para-hydroxylation sites is 1. The molecule has 0 bridgehead atoms. The Bertz CT molecular complexity index is 2630. The molecule has 2 nitrogen and oxygen atoms in total. The number of hydrogen-bond donors (Lipinski definition) is 0. The highest BCUT2D eigenvalue weighted by atomic mass is 16.3. The summed E-state index contributed by atoms with van der Waals surface area (Å²) >= 11 is 0. The summed E-state index contributed by atoms with van der Waals surface area (Å²) in [6.07, 6.45) is 0. The van der Waals surface area contributed by atoms with Gasteiger partial charge in [-0.25, -0.2) is 4.98 Å². The van der Waals surface area contributed by atoms with Crippen LogP contribution in [0.2, 0.25) is 0 Å². The summed E-state index contributed by atoms with van der Waals surface area (Å²) in [5, 5.41) is 15.7. The highest BCUT2D eigenvalue weighted by Gasteiger charge is 2.21. The predicted octanol–water partition coefficient (Wildman–Crippen LogP) is 11.0. The highest BCUT2D eigenvalue weighted by Crippen LogP contribution is 2.45. The topological polar surface area (TPSA) is 26.0 Å². The van der Waals surface area contributed by atoms with Crippen molar-refractivity contribution in [2.45, 2.75) is 0 Å². The molecule has 10 rings (SSSR count). The normalized spacial score (nSPS) is 12.4. The first-order valence-electron chi connectivity index (χ1n) is 14.1. The van der Waals surface area contributed by atoms with E-state index in [1.807, 2.05) is 6.07 Å². The third-order valence-corrected chi connectivity index (χ3v) is 8.92. The van der Waals surface area contributed by atoms with Gasteiger partial charge in [-0.2, -0.15) is 0 Å². The van der Waals surface area contributed by atoms with E-state index in [-0.39, 0.29) is 0 Å². The molecule has 8 aromatic carbocycles. The maximum absolute atomic E-state index is 6.52. The minimum absolute atomic E-state index is 0.889. The molecule has 0 aliphatic carbocycles. The van der Waals surface area contributed by atoms with Crippen LogP contribution in [0.15, 0.2) is 132 Å². The van der Waals surface area contributed by atoms with Gasteiger partial charge >= 0.3 is 0 Å². The van der Waals surface area contributed by atoms with Crippen molar-refractivity contribution in [3.63, 3.8) is 0 Å². The van der Waals surface area contributed by atoms with E-state index >= 15 is 0 Å². The van der Waals surface area contributed by atoms with E-state index in [1.54, 1.807) is 0 Å². The van der Waals surface area contributed by atoms with E-state index in [1.165, 1.54) is 48.5 Å². The van der Waals surface area contributed by atoms with Gasteiger partial charge in [-0.05, 0) is 61.3 Å². The second-order valence-corrected chi connectivity index (χ2v) is 11.1. The van der Waals surface area contributed by atoms with E-state index in [0.717, 1.165) is 49.5 Å². The maximum Gasteiger partial charge on any atom is 0.145 e. The Hall–Kier alpha value is -5.47. The second kappa shape index (κ2) is 7.59. The third-order valence-electron chi connectivity index (χ3n) is 8.92. The molecular weight excluding hydrogens is 498 g/mol. The van der Waals surface area contributed by atoms with Gasteiger partial charge in [0.2, 0.25) is 0 Å². The molecule has 188 valence electrons. The van der Waals surface area contributed by atoms with Crippen LogP contribution in [-0.2, 0) is 0 Å². The number of nitrogens with zero attached hydrogens (tertiary/aromatic N) is 1. The van der Waals surface area contributed by atoms with Crippen LogP contribution < -0.4 is 0 Å². The van der Waals surface area contributed by atoms with Crippen LogP contribution in [0.3, 0.4) is 0 Å². The summed E-state index contributed by atoms with van der Waals surface area (Å²) in [5.41, 5.74) is 4.91. The summed E-state index contributed by atoms with van der Waals surface area (Å²) in [7, 11) is 0. The lowest BCUT2D eigenvalue weighted by atomic mass is 9.90. The molecule has 0 saturated heterocycles. The zero-order valence-electron chi connectivity index (χ0n) is 22.0. The fourth-order valence-corrected chi connectivity index (χ4v) is 7.20. The minimum Gasteiger partial charge on any atom is -0.455 e. The van der Waals surface area contributed by atoms with Gasteiger partial charge in [-0.15, -0.1) is 0 Å². The Balaban J connectivity index is 1.42. The van der Waals surface area contributed by atoms with E-state index in [2.05, 4.69) is 121 Å². The van der Waals surface area contributed by atoms with Crippen LogP contribution in [0.25, 0.3) is 98.0 Å². The average Bonchev–Trinajstić information content (AvgIpc) is 3.43. The number of aromatic nitrogens is 1. The SMILES string of the molecule is c1cc2ccc3cc(-c4nc5c(c6ccccc46)c4ccccc4c4oc6ccccc6c54)cc4ccc(c1)c2c34. The second-order valence-electron chi connectivity index (χ2n) is 11.1. The molecule has 0 aliphatic heterocycles. The van der Waals surface area contributed by atoms with Crippen molar-refractivity contribution in [3.05, 3.63) is 127 Å². The average molecular weight is 520 g/mol. The first-order valence-corrected chi connectivity index (χ1v) is 14.1. The lowest BCUT2D eigenvalue weighted by Crippen LogP contribution is -1.93. The first-order chi connectivity index (χ1) is 20.3. The molecule has 0 aliphatic rings. The van der Waals surface area contributed by atoms with Crippen LogP contribution in [0.4, 0.5) is 0 Å². The molecule has 2 heterocycles. The van der Waals surface area contributed by atoms with Crippen molar-refractivity contribution in [3.8, 4) is 11.3 Å². The summed E-state index contributed by atoms with van der Waals surface area (Å²) in [6, 6.07) is 45.8. The Morgan fingerprint density at radius 2 is 0.976 bits per heavy atom. The number of fused-ring (bicyclic) bond motifs is 10. The zero-order chi connectivity index (χ0) is 26.7. The smallest absolute Gasteiger partial charge is 0.145 e. The fourth-order valence-electron chi connectivity index (χ4n) is 7.20. The summed E-state index contributed by atoms with van der Waals surface area (Å²) in [6.45, 7) is 0. The van der Waals surface area contributed by atoms with Gasteiger partial charge in [0.1, 0.15) is 11.2 Å². The monoisotopic (exact) mass is 519 g/mol. The number of hydrogen-bond acceptors (Lipinski definition) is 2. The maximum atomic E-state index is 6.52. The van der Waals surface area contributed by atoms with E-state index in [9.17, 15) is 0 Å². The number of benzene rings is 8. The number of pyridine rings is 1. The van der Waals surface area contributed by atoms with Gasteiger partial charge in [0.05, 0.1) is 16.6 Å². The Kier molecular flexibility index (Phi) is 3.95. The van der Waals surface area contributed by atoms with Gasteiger partial charge in [0.15, 0.2) is 0 Å². The van der Waals surface area contributed by atoms with Crippen LogP contribution in [0, 0.1) is 0 Å². The summed E-state index contributed by atoms with van der Waals surface area (Å²) in [5.74, 6) is 0. The Labute approximate surface area is 234 Å². The molecule has 0 atom stereocenters. The molecule has 41 heavy (non-hydrogen) atoms. The Morgan fingerprint density at radius 3 is 1.71 bits per heavy atom. The highest BCUT2D eigenvalue weighted by molar-refractivity contribution is 6.34. The molecule has 0 fully saturated rings. The standard InChI is InChI=1S/C39H21NO/c1-3-12-29-27(10-1)35-28-11-2-4-13-30(28)39-36(31-14-5-6-15-32(31)41-39)38(35)40-37(29)26-20-24-18-16-22-8-7-9-23-17-19-25(21-26)34(24)33(22)23/h1-21H. The Morgan fingerprint density at radius 1 is 0.415 bits per heavy atom. The predicted molar refractivity (Wildman–Crippen MR) is 173 cm³/mol. The van der Waals surface area contributed by atoms with E-state index in [0.29, 0.717) is 0 Å². The molecule has 2 aromatic heterocycles. The molecule has 0 spiro atoms. The van der Waals surface area contributed by atoms with Gasteiger partial charge < -0.3 is 4.42 Å².